The largest absolute Gasteiger partial charge is 0.194 e. The topological polar surface area (TPSA) is 12.4 Å². The van der Waals surface area contributed by atoms with Gasteiger partial charge in [0, 0.05) is 0 Å². The number of unbranched alkanes of at least 4 members (excludes halogenated alkanes) is 1. The van der Waals surface area contributed by atoms with Crippen molar-refractivity contribution in [2.75, 3.05) is 0 Å². The molecular weight excluding hydrogens is 250 g/mol. The van der Waals surface area contributed by atoms with Gasteiger partial charge in [-0.05, 0) is 54.1 Å². The number of rotatable bonds is 7. The van der Waals surface area contributed by atoms with E-state index in [-0.39, 0.29) is 0 Å². The highest BCUT2D eigenvalue weighted by Crippen LogP contribution is 2.32. The van der Waals surface area contributed by atoms with Gasteiger partial charge < -0.3 is 0 Å². The highest BCUT2D eigenvalue weighted by atomic mass is 32.1. The summed E-state index contributed by atoms with van der Waals surface area (Å²) in [7, 11) is 0. The minimum Gasteiger partial charge on any atom is -0.194 e. The van der Waals surface area contributed by atoms with Crippen LogP contribution >= 0.6 is 12.2 Å². The SMILES string of the molecule is CCCCC(C)c1cc(CC)c(N=C=S)c(CC)c1. The number of aryl methyl sites for hydroxylation is 2. The molecule has 2 heteroatoms. The molecule has 19 heavy (non-hydrogen) atoms. The van der Waals surface area contributed by atoms with Crippen LogP contribution in [0.2, 0.25) is 0 Å². The van der Waals surface area contributed by atoms with Gasteiger partial charge in [0.05, 0.1) is 10.8 Å². The van der Waals surface area contributed by atoms with Gasteiger partial charge in [0.1, 0.15) is 0 Å². The summed E-state index contributed by atoms with van der Waals surface area (Å²) in [4.78, 5) is 4.28. The van der Waals surface area contributed by atoms with E-state index in [1.165, 1.54) is 36.0 Å². The first-order chi connectivity index (χ1) is 9.17. The smallest absolute Gasteiger partial charge is 0.0803 e. The molecule has 0 N–H and O–H groups in total. The number of benzene rings is 1. The van der Waals surface area contributed by atoms with Crippen molar-refractivity contribution in [1.29, 1.82) is 0 Å². The van der Waals surface area contributed by atoms with Crippen LogP contribution in [0.5, 0.6) is 0 Å². The van der Waals surface area contributed by atoms with Crippen LogP contribution in [0.3, 0.4) is 0 Å². The van der Waals surface area contributed by atoms with Gasteiger partial charge in [-0.2, -0.15) is 4.99 Å². The van der Waals surface area contributed by atoms with Crippen molar-refractivity contribution in [1.82, 2.24) is 0 Å². The lowest BCUT2D eigenvalue weighted by Crippen LogP contribution is -1.98. The zero-order chi connectivity index (χ0) is 14.3. The van der Waals surface area contributed by atoms with E-state index < -0.39 is 0 Å². The molecule has 1 atom stereocenters. The van der Waals surface area contributed by atoms with E-state index in [9.17, 15) is 0 Å². The summed E-state index contributed by atoms with van der Waals surface area (Å²) < 4.78 is 0. The van der Waals surface area contributed by atoms with Crippen molar-refractivity contribution in [2.24, 2.45) is 4.99 Å². The molecule has 104 valence electrons. The Morgan fingerprint density at radius 3 is 2.16 bits per heavy atom. The Morgan fingerprint density at radius 1 is 1.16 bits per heavy atom. The molecule has 1 nitrogen and oxygen atoms in total. The maximum absolute atomic E-state index is 4.77. The number of nitrogens with zero attached hydrogens (tertiary/aromatic N) is 1. The third-order valence-corrected chi connectivity index (χ3v) is 3.86. The van der Waals surface area contributed by atoms with E-state index in [4.69, 9.17) is 12.2 Å². The Balaban J connectivity index is 3.18. The van der Waals surface area contributed by atoms with Crippen molar-refractivity contribution >= 4 is 23.1 Å². The Labute approximate surface area is 123 Å². The molecule has 0 amide bonds. The van der Waals surface area contributed by atoms with Crippen LogP contribution in [-0.2, 0) is 12.8 Å². The molecule has 0 bridgehead atoms. The molecule has 0 aliphatic rings. The fraction of sp³-hybridized carbons (Fsp3) is 0.588. The molecule has 1 unspecified atom stereocenters. The molecule has 0 aliphatic carbocycles. The maximum atomic E-state index is 4.77. The molecule has 0 aliphatic heterocycles. The Morgan fingerprint density at radius 2 is 1.74 bits per heavy atom. The summed E-state index contributed by atoms with van der Waals surface area (Å²) in [5.74, 6) is 0.626. The van der Waals surface area contributed by atoms with Crippen LogP contribution in [0.15, 0.2) is 17.1 Å². The van der Waals surface area contributed by atoms with Crippen molar-refractivity contribution in [3.63, 3.8) is 0 Å². The van der Waals surface area contributed by atoms with Crippen molar-refractivity contribution in [2.45, 2.75) is 65.7 Å². The molecular formula is C17H25NS. The number of thiocarbonyl (C=S) groups is 1. The maximum Gasteiger partial charge on any atom is 0.0803 e. The zero-order valence-electron chi connectivity index (χ0n) is 12.6. The lowest BCUT2D eigenvalue weighted by molar-refractivity contribution is 0.623. The van der Waals surface area contributed by atoms with Crippen molar-refractivity contribution in [3.8, 4) is 0 Å². The van der Waals surface area contributed by atoms with Gasteiger partial charge in [0.25, 0.3) is 0 Å². The second-order valence-electron chi connectivity index (χ2n) is 5.14. The van der Waals surface area contributed by atoms with E-state index in [1.807, 2.05) is 0 Å². The first-order valence-corrected chi connectivity index (χ1v) is 7.82. The lowest BCUT2D eigenvalue weighted by atomic mass is 9.90. The third-order valence-electron chi connectivity index (χ3n) is 3.77. The van der Waals surface area contributed by atoms with Gasteiger partial charge in [-0.3, -0.25) is 0 Å². The first-order valence-electron chi connectivity index (χ1n) is 7.41. The van der Waals surface area contributed by atoms with Gasteiger partial charge >= 0.3 is 0 Å². The highest BCUT2D eigenvalue weighted by molar-refractivity contribution is 7.78. The lowest BCUT2D eigenvalue weighted by Gasteiger charge is -2.16. The van der Waals surface area contributed by atoms with Crippen LogP contribution in [0.1, 0.15) is 69.6 Å². The van der Waals surface area contributed by atoms with E-state index >= 15 is 0 Å². The monoisotopic (exact) mass is 275 g/mol. The number of hydrogen-bond donors (Lipinski definition) is 0. The molecule has 0 heterocycles. The van der Waals surface area contributed by atoms with Crippen molar-refractivity contribution in [3.05, 3.63) is 28.8 Å². The van der Waals surface area contributed by atoms with Crippen LogP contribution in [0.4, 0.5) is 5.69 Å². The van der Waals surface area contributed by atoms with Crippen LogP contribution in [0, 0.1) is 0 Å². The summed E-state index contributed by atoms with van der Waals surface area (Å²) in [6.07, 6.45) is 5.82. The second-order valence-corrected chi connectivity index (χ2v) is 5.32. The summed E-state index contributed by atoms with van der Waals surface area (Å²) in [5, 5.41) is 2.52. The van der Waals surface area contributed by atoms with Gasteiger partial charge in [0.2, 0.25) is 0 Å². The number of isothiocyanates is 1. The Kier molecular flexibility index (Phi) is 6.97. The minimum atomic E-state index is 0.626. The Bertz CT molecular complexity index is 433. The average Bonchev–Trinajstić information content (AvgIpc) is 2.44. The Hall–Kier alpha value is -0.980. The summed E-state index contributed by atoms with van der Waals surface area (Å²) in [6.45, 7) is 8.93. The predicted molar refractivity (Wildman–Crippen MR) is 87.8 cm³/mol. The summed E-state index contributed by atoms with van der Waals surface area (Å²) >= 11 is 4.77. The second kappa shape index (κ2) is 8.24. The van der Waals surface area contributed by atoms with Crippen LogP contribution < -0.4 is 0 Å². The molecule has 0 aromatic heterocycles. The molecule has 1 aromatic carbocycles. The quantitative estimate of drug-likeness (QED) is 0.450. The summed E-state index contributed by atoms with van der Waals surface area (Å²) in [5.41, 5.74) is 5.10. The van der Waals surface area contributed by atoms with Crippen molar-refractivity contribution < 1.29 is 0 Å². The van der Waals surface area contributed by atoms with Crippen LogP contribution in [-0.4, -0.2) is 5.16 Å². The first kappa shape index (κ1) is 16.1. The molecule has 0 saturated carbocycles. The highest BCUT2D eigenvalue weighted by Gasteiger charge is 2.12. The van der Waals surface area contributed by atoms with Gasteiger partial charge in [-0.25, -0.2) is 0 Å². The molecule has 0 saturated heterocycles. The predicted octanol–water partition coefficient (Wildman–Crippen LogP) is 5.84. The molecule has 0 fully saturated rings. The fourth-order valence-corrected chi connectivity index (χ4v) is 2.57. The number of aliphatic imine (C=N–C) groups is 1. The van der Waals surface area contributed by atoms with E-state index in [0.29, 0.717) is 5.92 Å². The molecule has 1 rings (SSSR count). The molecule has 1 aromatic rings. The van der Waals surface area contributed by atoms with E-state index in [1.54, 1.807) is 0 Å². The van der Waals surface area contributed by atoms with Gasteiger partial charge in [0.15, 0.2) is 0 Å². The minimum absolute atomic E-state index is 0.626. The third kappa shape index (κ3) is 4.26. The van der Waals surface area contributed by atoms with E-state index in [2.05, 4.69) is 50.0 Å². The van der Waals surface area contributed by atoms with Crippen LogP contribution in [0.25, 0.3) is 0 Å². The summed E-state index contributed by atoms with van der Waals surface area (Å²) in [6, 6.07) is 4.62. The molecule has 0 radical (unpaired) electrons. The average molecular weight is 275 g/mol. The molecule has 0 spiro atoms. The van der Waals surface area contributed by atoms with Gasteiger partial charge in [-0.1, -0.05) is 52.7 Å². The fourth-order valence-electron chi connectivity index (χ4n) is 2.48. The van der Waals surface area contributed by atoms with E-state index in [0.717, 1.165) is 18.5 Å². The normalized spacial score (nSPS) is 12.0. The standard InChI is InChI=1S/C17H25NS/c1-5-8-9-13(4)16-10-14(6-2)17(18-12-19)15(7-3)11-16/h10-11,13H,5-9H2,1-4H3. The van der Waals surface area contributed by atoms with Gasteiger partial charge in [-0.15, -0.1) is 0 Å². The number of hydrogen-bond acceptors (Lipinski definition) is 2. The zero-order valence-corrected chi connectivity index (χ0v) is 13.4.